The first-order chi connectivity index (χ1) is 13.2. The van der Waals surface area contributed by atoms with E-state index in [0.29, 0.717) is 11.8 Å². The van der Waals surface area contributed by atoms with Gasteiger partial charge >= 0.3 is 0 Å². The van der Waals surface area contributed by atoms with Gasteiger partial charge in [-0.25, -0.2) is 4.98 Å². The van der Waals surface area contributed by atoms with E-state index >= 15 is 0 Å². The summed E-state index contributed by atoms with van der Waals surface area (Å²) in [4.78, 5) is 7.34. The van der Waals surface area contributed by atoms with E-state index in [2.05, 4.69) is 27.8 Å². The quantitative estimate of drug-likeness (QED) is 0.620. The van der Waals surface area contributed by atoms with Gasteiger partial charge in [0.1, 0.15) is 11.5 Å². The molecule has 0 spiro atoms. The van der Waals surface area contributed by atoms with Crippen molar-refractivity contribution < 1.29 is 9.52 Å². The van der Waals surface area contributed by atoms with Gasteiger partial charge in [0, 0.05) is 23.5 Å². The molecule has 3 heterocycles. The van der Waals surface area contributed by atoms with E-state index in [1.165, 1.54) is 24.8 Å². The van der Waals surface area contributed by atoms with Crippen LogP contribution in [0.25, 0.3) is 11.5 Å². The second-order valence-electron chi connectivity index (χ2n) is 7.36. The van der Waals surface area contributed by atoms with Crippen molar-refractivity contribution in [2.45, 2.75) is 51.6 Å². The fourth-order valence-electron chi connectivity index (χ4n) is 3.92. The van der Waals surface area contributed by atoms with Crippen LogP contribution in [-0.4, -0.2) is 27.6 Å². The number of hydrogen-bond donors (Lipinski definition) is 1. The van der Waals surface area contributed by atoms with Crippen molar-refractivity contribution in [1.29, 1.82) is 0 Å². The van der Waals surface area contributed by atoms with Crippen molar-refractivity contribution >= 4 is 11.3 Å². The van der Waals surface area contributed by atoms with E-state index in [1.54, 1.807) is 17.4 Å². The lowest BCUT2D eigenvalue weighted by atomic mass is 9.95. The Labute approximate surface area is 164 Å². The summed E-state index contributed by atoms with van der Waals surface area (Å²) in [5.74, 6) is 2.01. The normalized spacial score (nSPS) is 18.0. The minimum atomic E-state index is 0.354. The van der Waals surface area contributed by atoms with Crippen molar-refractivity contribution in [3.63, 3.8) is 0 Å². The van der Waals surface area contributed by atoms with Crippen LogP contribution in [0.1, 0.15) is 42.7 Å². The number of aromatic nitrogens is 1. The summed E-state index contributed by atoms with van der Waals surface area (Å²) in [5, 5.41) is 13.8. The average Bonchev–Trinajstić information content (AvgIpc) is 3.31. The first kappa shape index (κ1) is 18.3. The zero-order valence-corrected chi connectivity index (χ0v) is 16.5. The topological polar surface area (TPSA) is 49.5 Å². The largest absolute Gasteiger partial charge is 0.508 e. The average molecular weight is 383 g/mol. The fourth-order valence-corrected chi connectivity index (χ4v) is 4.55. The van der Waals surface area contributed by atoms with E-state index in [-0.39, 0.29) is 0 Å². The van der Waals surface area contributed by atoms with Gasteiger partial charge in [0.05, 0.1) is 5.69 Å². The Morgan fingerprint density at radius 1 is 1.30 bits per heavy atom. The molecule has 0 unspecified atom stereocenters. The van der Waals surface area contributed by atoms with E-state index in [4.69, 9.17) is 9.40 Å². The predicted octanol–water partition coefficient (Wildman–Crippen LogP) is 5.40. The number of phenols is 1. The number of nitrogens with zero attached hydrogens (tertiary/aromatic N) is 2. The Hall–Kier alpha value is -2.11. The number of likely N-dealkylation sites (tertiary alicyclic amines) is 1. The Bertz CT molecular complexity index is 872. The molecule has 4 rings (SSSR count). The molecule has 4 nitrogen and oxygen atoms in total. The minimum absolute atomic E-state index is 0.354. The SMILES string of the molecule is Cc1oc(-c2ccsc2)nc1CN1CCCC[C@@H]1CCc1cccc(O)c1. The number of benzene rings is 1. The number of hydrogen-bond acceptors (Lipinski definition) is 5. The summed E-state index contributed by atoms with van der Waals surface area (Å²) in [6.07, 6.45) is 5.87. The van der Waals surface area contributed by atoms with Crippen LogP contribution in [-0.2, 0) is 13.0 Å². The Morgan fingerprint density at radius 3 is 3.04 bits per heavy atom. The number of aromatic hydroxyl groups is 1. The summed E-state index contributed by atoms with van der Waals surface area (Å²) >= 11 is 1.66. The third-order valence-corrected chi connectivity index (χ3v) is 6.12. The smallest absolute Gasteiger partial charge is 0.227 e. The molecule has 1 aliphatic rings. The zero-order valence-electron chi connectivity index (χ0n) is 15.7. The fraction of sp³-hybridized carbons (Fsp3) is 0.409. The number of phenolic OH excluding ortho intramolecular Hbond substituents is 1. The maximum absolute atomic E-state index is 9.68. The molecule has 3 aromatic rings. The molecule has 0 saturated carbocycles. The van der Waals surface area contributed by atoms with Crippen molar-refractivity contribution in [2.75, 3.05) is 6.54 Å². The number of rotatable bonds is 6. The number of piperidine rings is 1. The van der Waals surface area contributed by atoms with E-state index in [9.17, 15) is 5.11 Å². The molecule has 1 saturated heterocycles. The molecule has 2 aromatic heterocycles. The summed E-state index contributed by atoms with van der Waals surface area (Å²) in [7, 11) is 0. The van der Waals surface area contributed by atoms with Crippen LogP contribution in [0.15, 0.2) is 45.5 Å². The van der Waals surface area contributed by atoms with Gasteiger partial charge in [0.25, 0.3) is 0 Å². The van der Waals surface area contributed by atoms with Gasteiger partial charge in [0.15, 0.2) is 0 Å². The van der Waals surface area contributed by atoms with E-state index in [0.717, 1.165) is 48.8 Å². The lowest BCUT2D eigenvalue weighted by Gasteiger charge is -2.35. The van der Waals surface area contributed by atoms with Gasteiger partial charge in [-0.2, -0.15) is 11.3 Å². The molecule has 0 radical (unpaired) electrons. The van der Waals surface area contributed by atoms with Crippen LogP contribution >= 0.6 is 11.3 Å². The molecule has 0 aliphatic carbocycles. The zero-order chi connectivity index (χ0) is 18.6. The number of aryl methyl sites for hydroxylation is 2. The lowest BCUT2D eigenvalue weighted by Crippen LogP contribution is -2.39. The Balaban J connectivity index is 1.43. The predicted molar refractivity (Wildman–Crippen MR) is 109 cm³/mol. The summed E-state index contributed by atoms with van der Waals surface area (Å²) in [5.41, 5.74) is 3.33. The highest BCUT2D eigenvalue weighted by molar-refractivity contribution is 7.08. The van der Waals surface area contributed by atoms with E-state index < -0.39 is 0 Å². The summed E-state index contributed by atoms with van der Waals surface area (Å²) < 4.78 is 5.92. The van der Waals surface area contributed by atoms with Crippen LogP contribution in [0.5, 0.6) is 5.75 Å². The van der Waals surface area contributed by atoms with Gasteiger partial charge in [-0.1, -0.05) is 18.6 Å². The van der Waals surface area contributed by atoms with Crippen molar-refractivity contribution in [2.24, 2.45) is 0 Å². The Kier molecular flexibility index (Phi) is 5.60. The molecule has 1 atom stereocenters. The van der Waals surface area contributed by atoms with Gasteiger partial charge in [0.2, 0.25) is 5.89 Å². The van der Waals surface area contributed by atoms with Gasteiger partial charge in [-0.15, -0.1) is 0 Å². The van der Waals surface area contributed by atoms with E-state index in [1.807, 2.05) is 19.1 Å². The van der Waals surface area contributed by atoms with Crippen LogP contribution in [0.2, 0.25) is 0 Å². The molecule has 1 fully saturated rings. The van der Waals surface area contributed by atoms with Crippen LogP contribution < -0.4 is 0 Å². The summed E-state index contributed by atoms with van der Waals surface area (Å²) in [6, 6.07) is 10.2. The maximum Gasteiger partial charge on any atom is 0.227 e. The Morgan fingerprint density at radius 2 is 2.22 bits per heavy atom. The second-order valence-corrected chi connectivity index (χ2v) is 8.14. The van der Waals surface area contributed by atoms with Crippen molar-refractivity contribution in [3.05, 3.63) is 58.1 Å². The third kappa shape index (κ3) is 4.42. The molecular weight excluding hydrogens is 356 g/mol. The lowest BCUT2D eigenvalue weighted by molar-refractivity contribution is 0.130. The monoisotopic (exact) mass is 382 g/mol. The maximum atomic E-state index is 9.68. The van der Waals surface area contributed by atoms with Gasteiger partial charge in [-0.05, 0) is 68.3 Å². The van der Waals surface area contributed by atoms with Crippen molar-refractivity contribution in [3.8, 4) is 17.2 Å². The summed E-state index contributed by atoms with van der Waals surface area (Å²) in [6.45, 7) is 3.98. The first-order valence-electron chi connectivity index (χ1n) is 9.70. The molecular formula is C22H26N2O2S. The standard InChI is InChI=1S/C22H26N2O2S/c1-16-21(23-22(26-16)18-10-12-27-15-18)14-24-11-3-2-6-19(24)9-8-17-5-4-7-20(25)13-17/h4-5,7,10,12-13,15,19,25H,2-3,6,8-9,11,14H2,1H3/t19-/m1/s1. The highest BCUT2D eigenvalue weighted by Crippen LogP contribution is 2.28. The number of thiophene rings is 1. The first-order valence-corrected chi connectivity index (χ1v) is 10.6. The highest BCUT2D eigenvalue weighted by Gasteiger charge is 2.24. The van der Waals surface area contributed by atoms with Gasteiger partial charge < -0.3 is 9.52 Å². The molecule has 0 bridgehead atoms. The van der Waals surface area contributed by atoms with Crippen LogP contribution in [0, 0.1) is 6.92 Å². The highest BCUT2D eigenvalue weighted by atomic mass is 32.1. The molecule has 27 heavy (non-hydrogen) atoms. The molecule has 5 heteroatoms. The van der Waals surface area contributed by atoms with Crippen molar-refractivity contribution in [1.82, 2.24) is 9.88 Å². The third-order valence-electron chi connectivity index (χ3n) is 5.44. The molecule has 1 N–H and O–H groups in total. The molecule has 1 aromatic carbocycles. The number of oxazole rings is 1. The molecule has 1 aliphatic heterocycles. The molecule has 0 amide bonds. The minimum Gasteiger partial charge on any atom is -0.508 e. The van der Waals surface area contributed by atoms with Crippen LogP contribution in [0.3, 0.4) is 0 Å². The second kappa shape index (κ2) is 8.28. The van der Waals surface area contributed by atoms with Gasteiger partial charge in [-0.3, -0.25) is 4.90 Å². The van der Waals surface area contributed by atoms with Crippen LogP contribution in [0.4, 0.5) is 0 Å². The molecule has 142 valence electrons.